The van der Waals surface area contributed by atoms with E-state index < -0.39 is 0 Å². The van der Waals surface area contributed by atoms with Gasteiger partial charge in [0, 0.05) is 35.2 Å². The van der Waals surface area contributed by atoms with Crippen LogP contribution in [0.25, 0.3) is 22.5 Å². The van der Waals surface area contributed by atoms with Crippen LogP contribution in [0.1, 0.15) is 50.7 Å². The van der Waals surface area contributed by atoms with Gasteiger partial charge in [-0.3, -0.25) is 0 Å². The lowest BCUT2D eigenvalue weighted by atomic mass is 10.1. The molecule has 2 aromatic heterocycles. The molecule has 0 fully saturated rings. The Morgan fingerprint density at radius 3 is 1.70 bits per heavy atom. The topological polar surface area (TPSA) is 128 Å². The van der Waals surface area contributed by atoms with Crippen molar-refractivity contribution in [2.75, 3.05) is 16.4 Å². The lowest BCUT2D eigenvalue weighted by Gasteiger charge is -2.07. The number of carbonyl (C=O) groups is 1. The standard InChI is InChI=1S/C21H23N3O.C11H8N2O.C10H15N/c1-2-3-7-16-10-12-18(13-11-16)23-21(25)24-19-14-20(22-15-19)17-8-5-4-6-9-17;14-8-13-10-6-11(12-7-10)9-4-2-1-3-5-9;1-2-3-4-9-5-7-10(11)8-6-9/h4-6,8-15,22H,2-3,7H2,1H3,(H2,23,24,25);1-7,12H;5-8H,2-4,11H2,1H3. The van der Waals surface area contributed by atoms with Gasteiger partial charge in [-0.2, -0.15) is 4.99 Å². The number of H-pyrrole nitrogens is 2. The van der Waals surface area contributed by atoms with E-state index >= 15 is 0 Å². The summed E-state index contributed by atoms with van der Waals surface area (Å²) in [6.07, 6.45) is 12.1. The van der Waals surface area contributed by atoms with Crippen LogP contribution in [0.2, 0.25) is 0 Å². The second-order valence-electron chi connectivity index (χ2n) is 11.7. The predicted octanol–water partition coefficient (Wildman–Crippen LogP) is 10.9. The molecule has 4 aromatic carbocycles. The predicted molar refractivity (Wildman–Crippen MR) is 207 cm³/mol. The van der Waals surface area contributed by atoms with Crippen LogP contribution in [0.15, 0.2) is 139 Å². The van der Waals surface area contributed by atoms with Gasteiger partial charge < -0.3 is 26.3 Å². The molecule has 0 atom stereocenters. The van der Waals surface area contributed by atoms with Crippen molar-refractivity contribution in [3.8, 4) is 22.5 Å². The SMILES string of the molecule is CCCCc1ccc(N)cc1.CCCCc1ccc(NC(=O)Nc2c[nH]c(-c3ccccc3)c2)cc1.O=C=Nc1c[nH]c(-c2ccccc2)c1. The first-order chi connectivity index (χ1) is 24.5. The highest BCUT2D eigenvalue weighted by atomic mass is 16.2. The summed E-state index contributed by atoms with van der Waals surface area (Å²) in [5, 5.41) is 5.71. The summed E-state index contributed by atoms with van der Waals surface area (Å²) in [6, 6.07) is 39.5. The van der Waals surface area contributed by atoms with E-state index in [0.29, 0.717) is 5.69 Å². The maximum Gasteiger partial charge on any atom is 0.323 e. The minimum atomic E-state index is -0.250. The van der Waals surface area contributed by atoms with Crippen molar-refractivity contribution in [3.63, 3.8) is 0 Å². The number of carbonyl (C=O) groups excluding carboxylic acids is 2. The normalized spacial score (nSPS) is 10.0. The summed E-state index contributed by atoms with van der Waals surface area (Å²) in [5.41, 5.74) is 15.3. The van der Waals surface area contributed by atoms with E-state index in [9.17, 15) is 9.59 Å². The number of benzene rings is 4. The van der Waals surface area contributed by atoms with E-state index in [1.807, 2.05) is 91.0 Å². The van der Waals surface area contributed by atoms with Crippen LogP contribution in [0.4, 0.5) is 27.5 Å². The maximum absolute atomic E-state index is 12.1. The molecule has 2 amide bonds. The Hall–Kier alpha value is -6.11. The highest BCUT2D eigenvalue weighted by molar-refractivity contribution is 6.00. The van der Waals surface area contributed by atoms with Gasteiger partial charge in [0.05, 0.1) is 11.4 Å². The van der Waals surface area contributed by atoms with E-state index in [4.69, 9.17) is 5.73 Å². The van der Waals surface area contributed by atoms with Crippen LogP contribution < -0.4 is 16.4 Å². The first kappa shape index (κ1) is 36.7. The number of anilines is 3. The van der Waals surface area contributed by atoms with E-state index in [1.54, 1.807) is 18.5 Å². The molecule has 0 bridgehead atoms. The monoisotopic (exact) mass is 666 g/mol. The fraction of sp³-hybridized carbons (Fsp3) is 0.190. The summed E-state index contributed by atoms with van der Waals surface area (Å²) < 4.78 is 0. The zero-order valence-electron chi connectivity index (χ0n) is 28.8. The van der Waals surface area contributed by atoms with Crippen molar-refractivity contribution in [3.05, 3.63) is 145 Å². The molecule has 0 saturated carbocycles. The van der Waals surface area contributed by atoms with Crippen molar-refractivity contribution < 1.29 is 9.59 Å². The molecule has 50 heavy (non-hydrogen) atoms. The summed E-state index contributed by atoms with van der Waals surface area (Å²) in [5.74, 6) is 0. The van der Waals surface area contributed by atoms with Gasteiger partial charge in [-0.15, -0.1) is 0 Å². The molecule has 8 nitrogen and oxygen atoms in total. The maximum atomic E-state index is 12.1. The van der Waals surface area contributed by atoms with Gasteiger partial charge in [0.25, 0.3) is 0 Å². The van der Waals surface area contributed by atoms with E-state index in [1.165, 1.54) is 49.3 Å². The zero-order valence-corrected chi connectivity index (χ0v) is 28.8. The molecule has 6 aromatic rings. The third-order valence-corrected chi connectivity index (χ3v) is 7.78. The third-order valence-electron chi connectivity index (χ3n) is 7.78. The second kappa shape index (κ2) is 20.3. The Bertz CT molecular complexity index is 1890. The fourth-order valence-corrected chi connectivity index (χ4v) is 5.03. The van der Waals surface area contributed by atoms with Crippen molar-refractivity contribution in [2.24, 2.45) is 4.99 Å². The van der Waals surface area contributed by atoms with E-state index in [0.717, 1.165) is 46.0 Å². The zero-order chi connectivity index (χ0) is 35.4. The summed E-state index contributed by atoms with van der Waals surface area (Å²) >= 11 is 0. The molecule has 0 aliphatic heterocycles. The first-order valence-corrected chi connectivity index (χ1v) is 17.0. The van der Waals surface area contributed by atoms with Gasteiger partial charge in [-0.05, 0) is 84.3 Å². The van der Waals surface area contributed by atoms with Gasteiger partial charge in [-0.1, -0.05) is 112 Å². The highest BCUT2D eigenvalue weighted by Gasteiger charge is 2.06. The van der Waals surface area contributed by atoms with Crippen LogP contribution in [0, 0.1) is 0 Å². The van der Waals surface area contributed by atoms with Crippen molar-refractivity contribution in [2.45, 2.75) is 52.4 Å². The number of nitrogens with two attached hydrogens (primary N) is 1. The Kier molecular flexibility index (Phi) is 14.9. The van der Waals surface area contributed by atoms with Crippen LogP contribution in [0.3, 0.4) is 0 Å². The number of hydrogen-bond donors (Lipinski definition) is 5. The number of aromatic amines is 2. The quantitative estimate of drug-likeness (QED) is 0.0536. The molecule has 6 N–H and O–H groups in total. The average molecular weight is 667 g/mol. The number of aromatic nitrogens is 2. The molecule has 8 heteroatoms. The molecule has 256 valence electrons. The van der Waals surface area contributed by atoms with Crippen molar-refractivity contribution >= 4 is 34.9 Å². The number of nitrogen functional groups attached to an aromatic ring is 1. The first-order valence-electron chi connectivity index (χ1n) is 17.0. The smallest absolute Gasteiger partial charge is 0.323 e. The number of aliphatic imine (C=N–C) groups is 1. The fourth-order valence-electron chi connectivity index (χ4n) is 5.03. The van der Waals surface area contributed by atoms with Crippen LogP contribution in [0.5, 0.6) is 0 Å². The largest absolute Gasteiger partial charge is 0.399 e. The molecule has 0 spiro atoms. The molecule has 0 radical (unpaired) electrons. The third kappa shape index (κ3) is 12.5. The molecule has 0 unspecified atom stereocenters. The summed E-state index contributed by atoms with van der Waals surface area (Å²) in [4.78, 5) is 31.9. The molecular formula is C42H46N6O2. The molecule has 0 aliphatic carbocycles. The van der Waals surface area contributed by atoms with Crippen LogP contribution >= 0.6 is 0 Å². The van der Waals surface area contributed by atoms with E-state index in [2.05, 4.69) is 63.7 Å². The molecule has 6 rings (SSSR count). The Morgan fingerprint density at radius 2 is 1.16 bits per heavy atom. The van der Waals surface area contributed by atoms with Crippen LogP contribution in [-0.4, -0.2) is 22.1 Å². The number of rotatable bonds is 11. The lowest BCUT2D eigenvalue weighted by Crippen LogP contribution is -2.18. The summed E-state index contributed by atoms with van der Waals surface area (Å²) in [7, 11) is 0. The minimum Gasteiger partial charge on any atom is -0.399 e. The average Bonchev–Trinajstić information content (AvgIpc) is 3.83. The number of unbranched alkanes of at least 4 members (excludes halogenated alkanes) is 2. The number of nitrogens with one attached hydrogen (secondary N) is 4. The lowest BCUT2D eigenvalue weighted by molar-refractivity contribution is 0.262. The summed E-state index contributed by atoms with van der Waals surface area (Å²) in [6.45, 7) is 4.39. The van der Waals surface area contributed by atoms with Gasteiger partial charge in [-0.25, -0.2) is 9.59 Å². The van der Waals surface area contributed by atoms with E-state index in [-0.39, 0.29) is 6.03 Å². The Morgan fingerprint density at radius 1 is 0.660 bits per heavy atom. The second-order valence-corrected chi connectivity index (χ2v) is 11.7. The molecular weight excluding hydrogens is 621 g/mol. The number of isocyanates is 1. The molecule has 2 heterocycles. The number of amides is 2. The molecule has 0 saturated heterocycles. The minimum absolute atomic E-state index is 0.250. The Labute approximate surface area is 294 Å². The number of urea groups is 1. The van der Waals surface area contributed by atoms with Gasteiger partial charge in [0.1, 0.15) is 0 Å². The number of hydrogen-bond acceptors (Lipinski definition) is 4. The number of nitrogens with zero attached hydrogens (tertiary/aromatic N) is 1. The highest BCUT2D eigenvalue weighted by Crippen LogP contribution is 2.23. The van der Waals surface area contributed by atoms with Gasteiger partial charge >= 0.3 is 6.03 Å². The van der Waals surface area contributed by atoms with Gasteiger partial charge in [0.15, 0.2) is 0 Å². The number of aryl methyl sites for hydroxylation is 2. The van der Waals surface area contributed by atoms with Gasteiger partial charge in [0.2, 0.25) is 6.08 Å². The van der Waals surface area contributed by atoms with Crippen molar-refractivity contribution in [1.82, 2.24) is 9.97 Å². The molecule has 0 aliphatic rings. The van der Waals surface area contributed by atoms with Crippen LogP contribution in [-0.2, 0) is 17.6 Å². The van der Waals surface area contributed by atoms with Crippen molar-refractivity contribution in [1.29, 1.82) is 0 Å². The Balaban J connectivity index is 0.000000189.